The summed E-state index contributed by atoms with van der Waals surface area (Å²) in [5, 5.41) is 0. The average Bonchev–Trinajstić information content (AvgIpc) is 2.23. The molecule has 1 fully saturated rings. The number of hydrogen-bond donors (Lipinski definition) is 1. The van der Waals surface area contributed by atoms with Crippen molar-refractivity contribution >= 4 is 29.2 Å². The van der Waals surface area contributed by atoms with Crippen molar-refractivity contribution in [3.05, 3.63) is 29.6 Å². The molecule has 0 bridgehead atoms. The van der Waals surface area contributed by atoms with Crippen LogP contribution in [0.15, 0.2) is 18.2 Å². The van der Waals surface area contributed by atoms with E-state index < -0.39 is 0 Å². The van der Waals surface area contributed by atoms with Crippen LogP contribution in [0.5, 0.6) is 0 Å². The Bertz CT molecular complexity index is 362. The number of thioether (sulfide) groups is 2. The average molecular weight is 243 g/mol. The first-order valence-corrected chi connectivity index (χ1v) is 6.92. The van der Waals surface area contributed by atoms with E-state index in [2.05, 4.69) is 6.92 Å². The summed E-state index contributed by atoms with van der Waals surface area (Å²) in [7, 11) is 0. The van der Waals surface area contributed by atoms with Gasteiger partial charge in [-0.25, -0.2) is 4.39 Å². The van der Waals surface area contributed by atoms with E-state index in [1.165, 1.54) is 12.5 Å². The Hall–Kier alpha value is -0.350. The molecular formula is C11H14FNS2. The molecule has 2 N–H and O–H groups in total. The number of hydrogen-bond acceptors (Lipinski definition) is 3. The number of rotatable bonds is 1. The number of nitrogens with two attached hydrogens (primary N) is 1. The molecular weight excluding hydrogens is 229 g/mol. The number of nitrogen functional groups attached to an aromatic ring is 1. The van der Waals surface area contributed by atoms with E-state index in [1.807, 2.05) is 23.5 Å². The van der Waals surface area contributed by atoms with E-state index in [4.69, 9.17) is 5.73 Å². The quantitative estimate of drug-likeness (QED) is 0.765. The molecule has 1 nitrogen and oxygen atoms in total. The summed E-state index contributed by atoms with van der Waals surface area (Å²) in [6.45, 7) is 2.08. The van der Waals surface area contributed by atoms with Crippen molar-refractivity contribution < 1.29 is 4.39 Å². The summed E-state index contributed by atoms with van der Waals surface area (Å²) in [6.07, 6.45) is 1.20. The molecule has 1 aliphatic rings. The van der Waals surface area contributed by atoms with Crippen molar-refractivity contribution in [2.24, 2.45) is 0 Å². The van der Waals surface area contributed by atoms with Gasteiger partial charge in [-0.2, -0.15) is 0 Å². The van der Waals surface area contributed by atoms with Crippen molar-refractivity contribution in [3.8, 4) is 0 Å². The van der Waals surface area contributed by atoms with Crippen LogP contribution in [0.4, 0.5) is 10.1 Å². The van der Waals surface area contributed by atoms with E-state index >= 15 is 0 Å². The maximum atomic E-state index is 13.7. The highest BCUT2D eigenvalue weighted by molar-refractivity contribution is 8.18. The Morgan fingerprint density at radius 3 is 2.67 bits per heavy atom. The molecule has 1 saturated heterocycles. The molecule has 0 aliphatic carbocycles. The zero-order chi connectivity index (χ0) is 10.9. The second-order valence-corrected chi connectivity index (χ2v) is 7.02. The fourth-order valence-electron chi connectivity index (χ4n) is 1.68. The highest BCUT2D eigenvalue weighted by Gasteiger charge is 2.32. The summed E-state index contributed by atoms with van der Waals surface area (Å²) < 4.78 is 13.5. The molecule has 2 rings (SSSR count). The van der Waals surface area contributed by atoms with Crippen molar-refractivity contribution in [2.45, 2.75) is 17.4 Å². The Balaban J connectivity index is 2.38. The normalized spacial score (nSPS) is 20.1. The van der Waals surface area contributed by atoms with Gasteiger partial charge in [0, 0.05) is 11.3 Å². The third-order valence-electron chi connectivity index (χ3n) is 2.52. The maximum Gasteiger partial charge on any atom is 0.128 e. The summed E-state index contributed by atoms with van der Waals surface area (Å²) >= 11 is 3.62. The lowest BCUT2D eigenvalue weighted by atomic mass is 10.1. The van der Waals surface area contributed by atoms with E-state index in [0.29, 0.717) is 5.69 Å². The molecule has 1 aliphatic heterocycles. The zero-order valence-corrected chi connectivity index (χ0v) is 10.3. The predicted octanol–water partition coefficient (Wildman–Crippen LogP) is 3.45. The first-order valence-electron chi connectivity index (χ1n) is 4.95. The SMILES string of the molecule is CC1(c2cc(N)ccc2F)SCCCS1. The van der Waals surface area contributed by atoms with Gasteiger partial charge in [0.1, 0.15) is 5.82 Å². The lowest BCUT2D eigenvalue weighted by molar-refractivity contribution is 0.606. The van der Waals surface area contributed by atoms with Crippen LogP contribution in [0.2, 0.25) is 0 Å². The molecule has 0 spiro atoms. The second-order valence-electron chi connectivity index (χ2n) is 3.74. The fourth-order valence-corrected chi connectivity index (χ4v) is 4.68. The lowest BCUT2D eigenvalue weighted by Crippen LogP contribution is -2.20. The van der Waals surface area contributed by atoms with Crippen LogP contribution in [-0.4, -0.2) is 11.5 Å². The van der Waals surface area contributed by atoms with Crippen molar-refractivity contribution in [3.63, 3.8) is 0 Å². The van der Waals surface area contributed by atoms with Crippen LogP contribution in [-0.2, 0) is 4.08 Å². The van der Waals surface area contributed by atoms with Crippen LogP contribution in [0.3, 0.4) is 0 Å². The van der Waals surface area contributed by atoms with Gasteiger partial charge in [0.2, 0.25) is 0 Å². The molecule has 0 amide bonds. The van der Waals surface area contributed by atoms with Crippen molar-refractivity contribution in [2.75, 3.05) is 17.2 Å². The second kappa shape index (κ2) is 4.26. The number of halogens is 1. The smallest absolute Gasteiger partial charge is 0.128 e. The zero-order valence-electron chi connectivity index (χ0n) is 8.63. The monoisotopic (exact) mass is 243 g/mol. The van der Waals surface area contributed by atoms with Gasteiger partial charge in [0.05, 0.1) is 4.08 Å². The van der Waals surface area contributed by atoms with Gasteiger partial charge < -0.3 is 5.73 Å². The van der Waals surface area contributed by atoms with E-state index in [9.17, 15) is 4.39 Å². The minimum atomic E-state index is -0.169. The minimum absolute atomic E-state index is 0.145. The Morgan fingerprint density at radius 1 is 1.33 bits per heavy atom. The van der Waals surface area contributed by atoms with Crippen LogP contribution >= 0.6 is 23.5 Å². The molecule has 0 atom stereocenters. The first kappa shape index (κ1) is 11.1. The van der Waals surface area contributed by atoms with Crippen LogP contribution < -0.4 is 5.73 Å². The largest absolute Gasteiger partial charge is 0.399 e. The number of anilines is 1. The van der Waals surface area contributed by atoms with Gasteiger partial charge in [0.25, 0.3) is 0 Å². The number of benzene rings is 1. The Morgan fingerprint density at radius 2 is 2.00 bits per heavy atom. The van der Waals surface area contributed by atoms with Crippen molar-refractivity contribution in [1.82, 2.24) is 0 Å². The summed E-state index contributed by atoms with van der Waals surface area (Å²) in [6, 6.07) is 4.84. The highest BCUT2D eigenvalue weighted by Crippen LogP contribution is 2.50. The van der Waals surface area contributed by atoms with Crippen LogP contribution in [0.1, 0.15) is 18.9 Å². The van der Waals surface area contributed by atoms with Crippen LogP contribution in [0.25, 0.3) is 0 Å². The van der Waals surface area contributed by atoms with E-state index in [1.54, 1.807) is 12.1 Å². The molecule has 82 valence electrons. The Labute approximate surface area is 98.0 Å². The summed E-state index contributed by atoms with van der Waals surface area (Å²) in [5.74, 6) is 2.05. The van der Waals surface area contributed by atoms with Gasteiger partial charge in [-0.1, -0.05) is 0 Å². The van der Waals surface area contributed by atoms with Gasteiger partial charge in [0.15, 0.2) is 0 Å². The standard InChI is InChI=1S/C11H14FNS2/c1-11(14-5-2-6-15-11)9-7-8(13)3-4-10(9)12/h3-4,7H,2,5-6,13H2,1H3. The van der Waals surface area contributed by atoms with Crippen molar-refractivity contribution in [1.29, 1.82) is 0 Å². The summed E-state index contributed by atoms with van der Waals surface area (Å²) in [5.41, 5.74) is 7.08. The third-order valence-corrected chi connectivity index (χ3v) is 5.76. The molecule has 4 heteroatoms. The van der Waals surface area contributed by atoms with Gasteiger partial charge in [-0.05, 0) is 43.0 Å². The lowest BCUT2D eigenvalue weighted by Gasteiger charge is -2.33. The predicted molar refractivity (Wildman–Crippen MR) is 67.7 cm³/mol. The topological polar surface area (TPSA) is 26.0 Å². The maximum absolute atomic E-state index is 13.7. The van der Waals surface area contributed by atoms with E-state index in [0.717, 1.165) is 17.1 Å². The molecule has 15 heavy (non-hydrogen) atoms. The molecule has 1 aromatic carbocycles. The van der Waals surface area contributed by atoms with Gasteiger partial charge in [-0.15, -0.1) is 23.5 Å². The third kappa shape index (κ3) is 2.26. The summed E-state index contributed by atoms with van der Waals surface area (Å²) in [4.78, 5) is 0. The molecule has 1 aromatic rings. The molecule has 1 heterocycles. The van der Waals surface area contributed by atoms with Gasteiger partial charge >= 0.3 is 0 Å². The van der Waals surface area contributed by atoms with Crippen LogP contribution in [0, 0.1) is 5.82 Å². The molecule has 0 unspecified atom stereocenters. The van der Waals surface area contributed by atoms with Gasteiger partial charge in [-0.3, -0.25) is 0 Å². The first-order chi connectivity index (χ1) is 7.12. The minimum Gasteiger partial charge on any atom is -0.399 e. The fraction of sp³-hybridized carbons (Fsp3) is 0.455. The molecule has 0 aromatic heterocycles. The highest BCUT2D eigenvalue weighted by atomic mass is 32.2. The molecule has 0 saturated carbocycles. The Kier molecular flexibility index (Phi) is 3.16. The molecule has 0 radical (unpaired) electrons. The van der Waals surface area contributed by atoms with E-state index in [-0.39, 0.29) is 9.90 Å².